The molecular weight excluding hydrogens is 170 g/mol. The van der Waals surface area contributed by atoms with Gasteiger partial charge in [-0.1, -0.05) is 31.0 Å². The number of anilines is 1. The molecule has 1 nitrogen and oxygen atoms in total. The van der Waals surface area contributed by atoms with Gasteiger partial charge in [0.2, 0.25) is 0 Å². The number of aryl methyl sites for hydroxylation is 2. The third-order valence-corrected chi connectivity index (χ3v) is 3.18. The molecule has 1 N–H and O–H groups in total. The van der Waals surface area contributed by atoms with Gasteiger partial charge < -0.3 is 5.32 Å². The maximum Gasteiger partial charge on any atom is 0.0401 e. The maximum atomic E-state index is 3.68. The lowest BCUT2D eigenvalue weighted by Gasteiger charge is -2.17. The van der Waals surface area contributed by atoms with Crippen molar-refractivity contribution < 1.29 is 0 Å². The number of para-hydroxylation sites is 1. The van der Waals surface area contributed by atoms with Crippen molar-refractivity contribution in [3.63, 3.8) is 0 Å². The summed E-state index contributed by atoms with van der Waals surface area (Å²) in [4.78, 5) is 0. The Labute approximate surface area is 86.5 Å². The fourth-order valence-electron chi connectivity index (χ4n) is 2.32. The third-order valence-electron chi connectivity index (χ3n) is 3.18. The fraction of sp³-hybridized carbons (Fsp3) is 0.538. The summed E-state index contributed by atoms with van der Waals surface area (Å²) in [5.41, 5.74) is 4.10. The van der Waals surface area contributed by atoms with Crippen LogP contribution in [-0.4, -0.2) is 6.04 Å². The van der Waals surface area contributed by atoms with Crippen LogP contribution in [0, 0.1) is 13.8 Å². The Bertz CT molecular complexity index is 291. The van der Waals surface area contributed by atoms with E-state index in [2.05, 4.69) is 37.4 Å². The van der Waals surface area contributed by atoms with Gasteiger partial charge in [-0.25, -0.2) is 0 Å². The molecule has 1 aliphatic carbocycles. The van der Waals surface area contributed by atoms with E-state index in [9.17, 15) is 0 Å². The molecule has 0 unspecified atom stereocenters. The van der Waals surface area contributed by atoms with Crippen LogP contribution >= 0.6 is 0 Å². The van der Waals surface area contributed by atoms with Crippen molar-refractivity contribution in [2.45, 2.75) is 45.6 Å². The minimum Gasteiger partial charge on any atom is -0.382 e. The third kappa shape index (κ3) is 1.92. The van der Waals surface area contributed by atoms with Crippen molar-refractivity contribution in [1.82, 2.24) is 0 Å². The van der Waals surface area contributed by atoms with E-state index >= 15 is 0 Å². The highest BCUT2D eigenvalue weighted by Gasteiger charge is 2.15. The Kier molecular flexibility index (Phi) is 2.76. The lowest BCUT2D eigenvalue weighted by molar-refractivity contribution is 0.753. The SMILES string of the molecule is Cc1cccc(C)c1NC1CCCC1. The monoisotopic (exact) mass is 189 g/mol. The molecule has 0 aliphatic heterocycles. The van der Waals surface area contributed by atoms with Gasteiger partial charge in [0.15, 0.2) is 0 Å². The molecule has 0 saturated heterocycles. The van der Waals surface area contributed by atoms with Gasteiger partial charge in [-0.2, -0.15) is 0 Å². The number of hydrogen-bond donors (Lipinski definition) is 1. The molecular formula is C13H19N. The Hall–Kier alpha value is -0.980. The predicted octanol–water partition coefficient (Wildman–Crippen LogP) is 3.66. The van der Waals surface area contributed by atoms with Gasteiger partial charge in [-0.15, -0.1) is 0 Å². The molecule has 0 atom stereocenters. The van der Waals surface area contributed by atoms with Crippen molar-refractivity contribution in [3.8, 4) is 0 Å². The molecule has 1 aromatic rings. The molecule has 0 spiro atoms. The topological polar surface area (TPSA) is 12.0 Å². The van der Waals surface area contributed by atoms with Crippen molar-refractivity contribution in [2.75, 3.05) is 5.32 Å². The van der Waals surface area contributed by atoms with Gasteiger partial charge in [-0.05, 0) is 37.8 Å². The van der Waals surface area contributed by atoms with Gasteiger partial charge in [-0.3, -0.25) is 0 Å². The standard InChI is InChI=1S/C13H19N/c1-10-6-5-7-11(2)13(10)14-12-8-3-4-9-12/h5-7,12,14H,3-4,8-9H2,1-2H3. The molecule has 76 valence electrons. The predicted molar refractivity (Wildman–Crippen MR) is 61.8 cm³/mol. The van der Waals surface area contributed by atoms with E-state index in [1.165, 1.54) is 42.5 Å². The summed E-state index contributed by atoms with van der Waals surface area (Å²) < 4.78 is 0. The summed E-state index contributed by atoms with van der Waals surface area (Å²) in [6, 6.07) is 7.22. The van der Waals surface area contributed by atoms with Crippen LogP contribution in [0.2, 0.25) is 0 Å². The number of nitrogens with one attached hydrogen (secondary N) is 1. The Morgan fingerprint density at radius 3 is 2.21 bits per heavy atom. The summed E-state index contributed by atoms with van der Waals surface area (Å²) in [5.74, 6) is 0. The quantitative estimate of drug-likeness (QED) is 0.748. The summed E-state index contributed by atoms with van der Waals surface area (Å²) in [6.07, 6.45) is 5.47. The van der Waals surface area contributed by atoms with Gasteiger partial charge in [0.05, 0.1) is 0 Å². The molecule has 0 radical (unpaired) electrons. The fourth-order valence-corrected chi connectivity index (χ4v) is 2.32. The first-order valence-corrected chi connectivity index (χ1v) is 5.60. The summed E-state index contributed by atoms with van der Waals surface area (Å²) in [7, 11) is 0. The average Bonchev–Trinajstić information content (AvgIpc) is 2.64. The second-order valence-electron chi connectivity index (χ2n) is 4.39. The first-order chi connectivity index (χ1) is 6.77. The summed E-state index contributed by atoms with van der Waals surface area (Å²) in [6.45, 7) is 4.37. The van der Waals surface area contributed by atoms with Crippen LogP contribution in [0.3, 0.4) is 0 Å². The Morgan fingerprint density at radius 2 is 1.64 bits per heavy atom. The van der Waals surface area contributed by atoms with E-state index < -0.39 is 0 Å². The molecule has 1 fully saturated rings. The summed E-state index contributed by atoms with van der Waals surface area (Å²) in [5, 5.41) is 3.68. The minimum atomic E-state index is 0.717. The molecule has 2 rings (SSSR count). The van der Waals surface area contributed by atoms with Crippen molar-refractivity contribution >= 4 is 5.69 Å². The lowest BCUT2D eigenvalue weighted by Crippen LogP contribution is -2.16. The van der Waals surface area contributed by atoms with E-state index in [0.29, 0.717) is 0 Å². The van der Waals surface area contributed by atoms with E-state index in [1.807, 2.05) is 0 Å². The van der Waals surface area contributed by atoms with Crippen LogP contribution in [-0.2, 0) is 0 Å². The van der Waals surface area contributed by atoms with Crippen LogP contribution < -0.4 is 5.32 Å². The first-order valence-electron chi connectivity index (χ1n) is 5.60. The molecule has 14 heavy (non-hydrogen) atoms. The van der Waals surface area contributed by atoms with Gasteiger partial charge in [0, 0.05) is 11.7 Å². The summed E-state index contributed by atoms with van der Waals surface area (Å²) >= 11 is 0. The van der Waals surface area contributed by atoms with Crippen LogP contribution in [0.4, 0.5) is 5.69 Å². The van der Waals surface area contributed by atoms with Crippen LogP contribution in [0.15, 0.2) is 18.2 Å². The zero-order valence-corrected chi connectivity index (χ0v) is 9.14. The first kappa shape index (κ1) is 9.57. The van der Waals surface area contributed by atoms with Crippen molar-refractivity contribution in [3.05, 3.63) is 29.3 Å². The highest BCUT2D eigenvalue weighted by Crippen LogP contribution is 2.26. The zero-order chi connectivity index (χ0) is 9.97. The molecule has 1 aliphatic rings. The maximum absolute atomic E-state index is 3.68. The van der Waals surface area contributed by atoms with Gasteiger partial charge in [0.25, 0.3) is 0 Å². The zero-order valence-electron chi connectivity index (χ0n) is 9.14. The van der Waals surface area contributed by atoms with Crippen molar-refractivity contribution in [1.29, 1.82) is 0 Å². The van der Waals surface area contributed by atoms with Gasteiger partial charge in [0.1, 0.15) is 0 Å². The second kappa shape index (κ2) is 4.04. The van der Waals surface area contributed by atoms with E-state index in [-0.39, 0.29) is 0 Å². The Morgan fingerprint density at radius 1 is 1.07 bits per heavy atom. The smallest absolute Gasteiger partial charge is 0.0401 e. The largest absolute Gasteiger partial charge is 0.382 e. The van der Waals surface area contributed by atoms with E-state index in [4.69, 9.17) is 0 Å². The second-order valence-corrected chi connectivity index (χ2v) is 4.39. The molecule has 1 heteroatoms. The van der Waals surface area contributed by atoms with Gasteiger partial charge >= 0.3 is 0 Å². The average molecular weight is 189 g/mol. The number of hydrogen-bond acceptors (Lipinski definition) is 1. The molecule has 1 aromatic carbocycles. The Balaban J connectivity index is 2.14. The van der Waals surface area contributed by atoms with E-state index in [1.54, 1.807) is 0 Å². The normalized spacial score (nSPS) is 17.3. The van der Waals surface area contributed by atoms with Crippen LogP contribution in [0.25, 0.3) is 0 Å². The lowest BCUT2D eigenvalue weighted by atomic mass is 10.1. The highest BCUT2D eigenvalue weighted by molar-refractivity contribution is 5.57. The van der Waals surface area contributed by atoms with Crippen molar-refractivity contribution in [2.24, 2.45) is 0 Å². The van der Waals surface area contributed by atoms with Crippen LogP contribution in [0.5, 0.6) is 0 Å². The molecule has 0 bridgehead atoms. The number of benzene rings is 1. The molecule has 1 saturated carbocycles. The molecule has 0 aromatic heterocycles. The number of rotatable bonds is 2. The molecule has 0 amide bonds. The molecule has 0 heterocycles. The van der Waals surface area contributed by atoms with E-state index in [0.717, 1.165) is 6.04 Å². The van der Waals surface area contributed by atoms with Crippen LogP contribution in [0.1, 0.15) is 36.8 Å². The highest BCUT2D eigenvalue weighted by atomic mass is 14.9. The minimum absolute atomic E-state index is 0.717.